The molecule has 210 valence electrons. The quantitative estimate of drug-likeness (QED) is 0.340. The van der Waals surface area contributed by atoms with E-state index in [0.29, 0.717) is 24.2 Å². The predicted octanol–water partition coefficient (Wildman–Crippen LogP) is 4.02. The van der Waals surface area contributed by atoms with Crippen molar-refractivity contribution in [1.29, 1.82) is 0 Å². The monoisotopic (exact) mass is 534 g/mol. The normalized spacial score (nSPS) is 13.7. The highest BCUT2D eigenvalue weighted by molar-refractivity contribution is 6.00. The first-order valence-electron chi connectivity index (χ1n) is 13.1. The molecule has 3 atom stereocenters. The summed E-state index contributed by atoms with van der Waals surface area (Å²) in [5.41, 5.74) is 1.45. The van der Waals surface area contributed by atoms with Gasteiger partial charge in [0.25, 0.3) is 11.8 Å². The van der Waals surface area contributed by atoms with Gasteiger partial charge in [0.1, 0.15) is 23.8 Å². The van der Waals surface area contributed by atoms with Gasteiger partial charge in [0.15, 0.2) is 0 Å². The standard InChI is InChI=1S/C29H40F2N2O5/c1-6-8-33(9-7-2)29(37)22-11-19(5)10-21(15-22)28(36)32-25(27(35)26(34)17-38-18(3)4)14-20-12-23(30)16-24(31)13-20/h10-13,15-16,18,25-27,34-35H,6-9,14,17H2,1-5H3,(H,32,36)/t25-,26+,27+/m0/s1. The molecule has 0 aromatic heterocycles. The highest BCUT2D eigenvalue weighted by Crippen LogP contribution is 2.17. The van der Waals surface area contributed by atoms with E-state index in [1.165, 1.54) is 6.07 Å². The zero-order valence-corrected chi connectivity index (χ0v) is 22.8. The van der Waals surface area contributed by atoms with E-state index in [1.807, 2.05) is 13.8 Å². The first-order valence-corrected chi connectivity index (χ1v) is 13.1. The Morgan fingerprint density at radius 3 is 2.08 bits per heavy atom. The lowest BCUT2D eigenvalue weighted by atomic mass is 9.96. The Hall–Kier alpha value is -2.88. The summed E-state index contributed by atoms with van der Waals surface area (Å²) in [6, 6.07) is 6.64. The summed E-state index contributed by atoms with van der Waals surface area (Å²) in [4.78, 5) is 28.2. The Kier molecular flexibility index (Phi) is 12.3. The van der Waals surface area contributed by atoms with Crippen molar-refractivity contribution in [1.82, 2.24) is 10.2 Å². The number of ether oxygens (including phenoxy) is 1. The van der Waals surface area contributed by atoms with Crippen LogP contribution in [0.15, 0.2) is 36.4 Å². The fourth-order valence-corrected chi connectivity index (χ4v) is 4.22. The van der Waals surface area contributed by atoms with Crippen molar-refractivity contribution < 1.29 is 33.3 Å². The molecule has 0 aliphatic rings. The number of aryl methyl sites for hydroxylation is 1. The fourth-order valence-electron chi connectivity index (χ4n) is 4.22. The van der Waals surface area contributed by atoms with Gasteiger partial charge in [0.05, 0.1) is 18.8 Å². The van der Waals surface area contributed by atoms with Crippen LogP contribution in [0, 0.1) is 18.6 Å². The number of hydrogen-bond donors (Lipinski definition) is 3. The Morgan fingerprint density at radius 1 is 0.947 bits per heavy atom. The summed E-state index contributed by atoms with van der Waals surface area (Å²) in [5, 5.41) is 24.1. The number of benzene rings is 2. The molecule has 0 bridgehead atoms. The zero-order valence-electron chi connectivity index (χ0n) is 22.8. The van der Waals surface area contributed by atoms with E-state index in [0.717, 1.165) is 31.0 Å². The molecule has 0 fully saturated rings. The predicted molar refractivity (Wildman–Crippen MR) is 142 cm³/mol. The average molecular weight is 535 g/mol. The summed E-state index contributed by atoms with van der Waals surface area (Å²) in [6.45, 7) is 10.3. The maximum atomic E-state index is 13.8. The van der Waals surface area contributed by atoms with E-state index in [-0.39, 0.29) is 36.2 Å². The van der Waals surface area contributed by atoms with Crippen LogP contribution in [0.2, 0.25) is 0 Å². The molecule has 2 rings (SSSR count). The van der Waals surface area contributed by atoms with E-state index >= 15 is 0 Å². The minimum absolute atomic E-state index is 0.154. The Morgan fingerprint density at radius 2 is 1.53 bits per heavy atom. The zero-order chi connectivity index (χ0) is 28.4. The SMILES string of the molecule is CCCN(CCC)C(=O)c1cc(C)cc(C(=O)N[C@@H](Cc2cc(F)cc(F)c2)[C@@H](O)[C@H](O)COC(C)C)c1. The van der Waals surface area contributed by atoms with Gasteiger partial charge in [-0.1, -0.05) is 13.8 Å². The van der Waals surface area contributed by atoms with Gasteiger partial charge < -0.3 is 25.2 Å². The molecule has 0 radical (unpaired) electrons. The third kappa shape index (κ3) is 9.45. The van der Waals surface area contributed by atoms with Crippen molar-refractivity contribution in [3.05, 3.63) is 70.3 Å². The van der Waals surface area contributed by atoms with Crippen LogP contribution in [0.3, 0.4) is 0 Å². The lowest BCUT2D eigenvalue weighted by Crippen LogP contribution is -2.51. The maximum absolute atomic E-state index is 13.8. The van der Waals surface area contributed by atoms with Crippen molar-refractivity contribution in [2.24, 2.45) is 0 Å². The first kappa shape index (κ1) is 31.3. The van der Waals surface area contributed by atoms with Crippen LogP contribution in [0.25, 0.3) is 0 Å². The summed E-state index contributed by atoms with van der Waals surface area (Å²) < 4.78 is 33.0. The molecule has 3 N–H and O–H groups in total. The van der Waals surface area contributed by atoms with E-state index in [1.54, 1.807) is 37.8 Å². The molecule has 0 spiro atoms. The van der Waals surface area contributed by atoms with Crippen LogP contribution in [-0.2, 0) is 11.2 Å². The number of aliphatic hydroxyl groups is 2. The third-order valence-corrected chi connectivity index (χ3v) is 5.96. The molecule has 0 aliphatic carbocycles. The molecule has 38 heavy (non-hydrogen) atoms. The maximum Gasteiger partial charge on any atom is 0.253 e. The molecular weight excluding hydrogens is 494 g/mol. The smallest absolute Gasteiger partial charge is 0.253 e. The Labute approximate surface area is 223 Å². The lowest BCUT2D eigenvalue weighted by Gasteiger charge is -2.28. The van der Waals surface area contributed by atoms with Crippen molar-refractivity contribution in [3.8, 4) is 0 Å². The van der Waals surface area contributed by atoms with Crippen LogP contribution >= 0.6 is 0 Å². The van der Waals surface area contributed by atoms with Gasteiger partial charge in [-0.05, 0) is 81.5 Å². The molecule has 2 amide bonds. The summed E-state index contributed by atoms with van der Waals surface area (Å²) in [5.74, 6) is -2.37. The summed E-state index contributed by atoms with van der Waals surface area (Å²) in [7, 11) is 0. The number of amides is 2. The van der Waals surface area contributed by atoms with Crippen LogP contribution in [-0.4, -0.2) is 71.0 Å². The van der Waals surface area contributed by atoms with E-state index in [2.05, 4.69) is 5.32 Å². The Bertz CT molecular complexity index is 1050. The topological polar surface area (TPSA) is 99.1 Å². The van der Waals surface area contributed by atoms with Crippen molar-refractivity contribution in [3.63, 3.8) is 0 Å². The van der Waals surface area contributed by atoms with Crippen LogP contribution in [0.4, 0.5) is 8.78 Å². The number of carbonyl (C=O) groups is 2. The second-order valence-electron chi connectivity index (χ2n) is 9.88. The average Bonchev–Trinajstić information content (AvgIpc) is 2.84. The highest BCUT2D eigenvalue weighted by atomic mass is 19.1. The molecule has 0 unspecified atom stereocenters. The number of nitrogens with one attached hydrogen (secondary N) is 1. The van der Waals surface area contributed by atoms with Crippen molar-refractivity contribution >= 4 is 11.8 Å². The number of hydrogen-bond acceptors (Lipinski definition) is 5. The highest BCUT2D eigenvalue weighted by Gasteiger charge is 2.29. The van der Waals surface area contributed by atoms with Gasteiger partial charge in [-0.15, -0.1) is 0 Å². The minimum atomic E-state index is -1.50. The summed E-state index contributed by atoms with van der Waals surface area (Å²) >= 11 is 0. The fraction of sp³-hybridized carbons (Fsp3) is 0.517. The number of nitrogens with zero attached hydrogens (tertiary/aromatic N) is 1. The van der Waals surface area contributed by atoms with Crippen LogP contribution < -0.4 is 5.32 Å². The number of halogens is 2. The largest absolute Gasteiger partial charge is 0.388 e. The molecule has 7 nitrogen and oxygen atoms in total. The van der Waals surface area contributed by atoms with Gasteiger partial charge in [-0.25, -0.2) is 8.78 Å². The number of aliphatic hydroxyl groups excluding tert-OH is 2. The summed E-state index contributed by atoms with van der Waals surface area (Å²) in [6.07, 6.45) is -1.63. The second-order valence-corrected chi connectivity index (χ2v) is 9.88. The van der Waals surface area contributed by atoms with Gasteiger partial charge in [-0.2, -0.15) is 0 Å². The van der Waals surface area contributed by atoms with Crippen LogP contribution in [0.5, 0.6) is 0 Å². The van der Waals surface area contributed by atoms with Gasteiger partial charge in [-0.3, -0.25) is 9.59 Å². The van der Waals surface area contributed by atoms with Crippen molar-refractivity contribution in [2.45, 2.75) is 78.2 Å². The molecule has 0 heterocycles. The van der Waals surface area contributed by atoms with Crippen LogP contribution in [0.1, 0.15) is 72.4 Å². The minimum Gasteiger partial charge on any atom is -0.388 e. The molecule has 9 heteroatoms. The van der Waals surface area contributed by atoms with Gasteiger partial charge in [0.2, 0.25) is 0 Å². The lowest BCUT2D eigenvalue weighted by molar-refractivity contribution is -0.0635. The molecular formula is C29H40F2N2O5. The number of carbonyl (C=O) groups excluding carboxylic acids is 2. The molecule has 0 saturated carbocycles. The third-order valence-electron chi connectivity index (χ3n) is 5.96. The molecule has 2 aromatic carbocycles. The van der Waals surface area contributed by atoms with E-state index in [9.17, 15) is 28.6 Å². The molecule has 0 saturated heterocycles. The number of rotatable bonds is 14. The Balaban J connectivity index is 2.34. The first-order chi connectivity index (χ1) is 17.9. The van der Waals surface area contributed by atoms with Crippen molar-refractivity contribution in [2.75, 3.05) is 19.7 Å². The van der Waals surface area contributed by atoms with Gasteiger partial charge in [0, 0.05) is 30.3 Å². The molecule has 2 aromatic rings. The second kappa shape index (κ2) is 14.9. The van der Waals surface area contributed by atoms with Gasteiger partial charge >= 0.3 is 0 Å². The molecule has 0 aliphatic heterocycles. The van der Waals surface area contributed by atoms with E-state index in [4.69, 9.17) is 4.74 Å². The van der Waals surface area contributed by atoms with E-state index < -0.39 is 35.8 Å².